The zero-order valence-corrected chi connectivity index (χ0v) is 12.6. The molecule has 0 radical (unpaired) electrons. The van der Waals surface area contributed by atoms with Crippen LogP contribution in [0.25, 0.3) is 0 Å². The van der Waals surface area contributed by atoms with E-state index in [0.29, 0.717) is 6.04 Å². The Balaban J connectivity index is 1.97. The van der Waals surface area contributed by atoms with Crippen LogP contribution in [0.3, 0.4) is 0 Å². The van der Waals surface area contributed by atoms with Crippen LogP contribution in [-0.2, 0) is 6.54 Å². The van der Waals surface area contributed by atoms with Crippen LogP contribution in [0.4, 0.5) is 5.82 Å². The summed E-state index contributed by atoms with van der Waals surface area (Å²) >= 11 is 0. The van der Waals surface area contributed by atoms with Crippen LogP contribution in [0.5, 0.6) is 0 Å². The smallest absolute Gasteiger partial charge is 0.147 e. The SMILES string of the molecule is CC1CC(C)CN(c2cnc(CNC(C)C)cn2)C1. The Morgan fingerprint density at radius 3 is 2.42 bits per heavy atom. The lowest BCUT2D eigenvalue weighted by Crippen LogP contribution is -2.39. The van der Waals surface area contributed by atoms with Crippen LogP contribution >= 0.6 is 0 Å². The van der Waals surface area contributed by atoms with Crippen molar-refractivity contribution in [2.24, 2.45) is 11.8 Å². The first-order chi connectivity index (χ1) is 9.04. The highest BCUT2D eigenvalue weighted by Gasteiger charge is 2.22. The van der Waals surface area contributed by atoms with E-state index in [-0.39, 0.29) is 0 Å². The first-order valence-corrected chi connectivity index (χ1v) is 7.34. The number of aromatic nitrogens is 2. The molecule has 19 heavy (non-hydrogen) atoms. The maximum atomic E-state index is 4.57. The Morgan fingerprint density at radius 2 is 1.89 bits per heavy atom. The Bertz CT molecular complexity index is 378. The van der Waals surface area contributed by atoms with E-state index in [2.05, 4.69) is 47.9 Å². The maximum Gasteiger partial charge on any atom is 0.147 e. The maximum absolute atomic E-state index is 4.57. The van der Waals surface area contributed by atoms with Crippen molar-refractivity contribution in [1.82, 2.24) is 15.3 Å². The number of hydrogen-bond acceptors (Lipinski definition) is 4. The summed E-state index contributed by atoms with van der Waals surface area (Å²) in [5.74, 6) is 2.51. The van der Waals surface area contributed by atoms with E-state index in [0.717, 1.165) is 43.0 Å². The van der Waals surface area contributed by atoms with Gasteiger partial charge in [-0.3, -0.25) is 4.98 Å². The fourth-order valence-electron chi connectivity index (χ4n) is 2.76. The molecule has 0 saturated carbocycles. The van der Waals surface area contributed by atoms with E-state index in [9.17, 15) is 0 Å². The zero-order chi connectivity index (χ0) is 13.8. The highest BCUT2D eigenvalue weighted by molar-refractivity contribution is 5.36. The van der Waals surface area contributed by atoms with E-state index in [4.69, 9.17) is 0 Å². The van der Waals surface area contributed by atoms with Gasteiger partial charge in [0.2, 0.25) is 0 Å². The summed E-state index contributed by atoms with van der Waals surface area (Å²) in [4.78, 5) is 11.4. The molecular formula is C15H26N4. The monoisotopic (exact) mass is 262 g/mol. The zero-order valence-electron chi connectivity index (χ0n) is 12.6. The molecule has 0 aromatic carbocycles. The Kier molecular flexibility index (Phi) is 4.75. The average molecular weight is 262 g/mol. The van der Waals surface area contributed by atoms with Gasteiger partial charge in [-0.1, -0.05) is 27.7 Å². The Labute approximate surface area is 116 Å². The summed E-state index contributed by atoms with van der Waals surface area (Å²) < 4.78 is 0. The molecule has 1 aliphatic rings. The van der Waals surface area contributed by atoms with Gasteiger partial charge in [0.05, 0.1) is 18.1 Å². The third-order valence-electron chi connectivity index (χ3n) is 3.58. The van der Waals surface area contributed by atoms with Crippen molar-refractivity contribution in [1.29, 1.82) is 0 Å². The van der Waals surface area contributed by atoms with Gasteiger partial charge < -0.3 is 10.2 Å². The number of hydrogen-bond donors (Lipinski definition) is 1. The molecule has 1 aromatic heterocycles. The molecule has 2 heterocycles. The summed E-state index contributed by atoms with van der Waals surface area (Å²) in [7, 11) is 0. The summed E-state index contributed by atoms with van der Waals surface area (Å²) in [6.07, 6.45) is 5.14. The molecule has 4 heteroatoms. The summed E-state index contributed by atoms with van der Waals surface area (Å²) in [6.45, 7) is 11.9. The van der Waals surface area contributed by atoms with Crippen LogP contribution in [-0.4, -0.2) is 29.1 Å². The van der Waals surface area contributed by atoms with Gasteiger partial charge in [-0.2, -0.15) is 0 Å². The second kappa shape index (κ2) is 6.33. The van der Waals surface area contributed by atoms with Crippen molar-refractivity contribution in [3.05, 3.63) is 18.1 Å². The standard InChI is InChI=1S/C15H26N4/c1-11(2)16-6-14-7-18-15(8-17-14)19-9-12(3)5-13(4)10-19/h7-8,11-13,16H,5-6,9-10H2,1-4H3. The van der Waals surface area contributed by atoms with Gasteiger partial charge in [0.15, 0.2) is 0 Å². The van der Waals surface area contributed by atoms with Gasteiger partial charge in [-0.05, 0) is 18.3 Å². The number of nitrogens with one attached hydrogen (secondary N) is 1. The lowest BCUT2D eigenvalue weighted by atomic mass is 9.92. The van der Waals surface area contributed by atoms with Gasteiger partial charge in [-0.25, -0.2) is 4.98 Å². The fraction of sp³-hybridized carbons (Fsp3) is 0.733. The van der Waals surface area contributed by atoms with E-state index in [1.165, 1.54) is 6.42 Å². The van der Waals surface area contributed by atoms with Crippen LogP contribution in [0.2, 0.25) is 0 Å². The van der Waals surface area contributed by atoms with Gasteiger partial charge in [0.25, 0.3) is 0 Å². The first-order valence-electron chi connectivity index (χ1n) is 7.34. The van der Waals surface area contributed by atoms with E-state index >= 15 is 0 Å². The quantitative estimate of drug-likeness (QED) is 0.905. The van der Waals surface area contributed by atoms with E-state index < -0.39 is 0 Å². The summed E-state index contributed by atoms with van der Waals surface area (Å²) in [6, 6.07) is 0.477. The summed E-state index contributed by atoms with van der Waals surface area (Å²) in [5, 5.41) is 3.36. The lowest BCUT2D eigenvalue weighted by Gasteiger charge is -2.35. The average Bonchev–Trinajstić information content (AvgIpc) is 2.36. The van der Waals surface area contributed by atoms with Crippen LogP contribution in [0.15, 0.2) is 12.4 Å². The molecule has 106 valence electrons. The largest absolute Gasteiger partial charge is 0.355 e. The minimum Gasteiger partial charge on any atom is -0.355 e. The number of rotatable bonds is 4. The molecule has 1 aromatic rings. The Morgan fingerprint density at radius 1 is 1.21 bits per heavy atom. The second-order valence-corrected chi connectivity index (χ2v) is 6.25. The number of piperidine rings is 1. The van der Waals surface area contributed by atoms with Crippen LogP contribution < -0.4 is 10.2 Å². The molecular weight excluding hydrogens is 236 g/mol. The van der Waals surface area contributed by atoms with E-state index in [1.54, 1.807) is 0 Å². The Hall–Kier alpha value is -1.16. The lowest BCUT2D eigenvalue weighted by molar-refractivity contribution is 0.355. The molecule has 1 saturated heterocycles. The predicted octanol–water partition coefficient (Wildman–Crippen LogP) is 2.46. The van der Waals surface area contributed by atoms with Crippen molar-refractivity contribution < 1.29 is 0 Å². The van der Waals surface area contributed by atoms with Crippen molar-refractivity contribution in [3.63, 3.8) is 0 Å². The molecule has 1 N–H and O–H groups in total. The molecule has 0 spiro atoms. The second-order valence-electron chi connectivity index (χ2n) is 6.25. The third-order valence-corrected chi connectivity index (χ3v) is 3.58. The van der Waals surface area contributed by atoms with Crippen molar-refractivity contribution >= 4 is 5.82 Å². The minimum absolute atomic E-state index is 0.477. The molecule has 1 aliphatic heterocycles. The highest BCUT2D eigenvalue weighted by Crippen LogP contribution is 2.24. The van der Waals surface area contributed by atoms with Gasteiger partial charge in [0, 0.05) is 25.7 Å². The van der Waals surface area contributed by atoms with Gasteiger partial charge in [-0.15, -0.1) is 0 Å². The minimum atomic E-state index is 0.477. The van der Waals surface area contributed by atoms with Crippen LogP contribution in [0.1, 0.15) is 39.8 Å². The topological polar surface area (TPSA) is 41.1 Å². The molecule has 0 bridgehead atoms. The van der Waals surface area contributed by atoms with E-state index in [1.807, 2.05) is 12.4 Å². The molecule has 0 amide bonds. The molecule has 4 nitrogen and oxygen atoms in total. The number of nitrogens with zero attached hydrogens (tertiary/aromatic N) is 3. The van der Waals surface area contributed by atoms with Crippen LogP contribution in [0, 0.1) is 11.8 Å². The molecule has 0 aliphatic carbocycles. The molecule has 2 atom stereocenters. The molecule has 2 rings (SSSR count). The molecule has 2 unspecified atom stereocenters. The first kappa shape index (κ1) is 14.3. The molecule has 1 fully saturated rings. The normalized spacial score (nSPS) is 23.9. The van der Waals surface area contributed by atoms with Crippen molar-refractivity contribution in [3.8, 4) is 0 Å². The predicted molar refractivity (Wildman–Crippen MR) is 79.2 cm³/mol. The fourth-order valence-corrected chi connectivity index (χ4v) is 2.76. The highest BCUT2D eigenvalue weighted by atomic mass is 15.2. The van der Waals surface area contributed by atoms with Gasteiger partial charge in [0.1, 0.15) is 5.82 Å². The van der Waals surface area contributed by atoms with Gasteiger partial charge >= 0.3 is 0 Å². The summed E-state index contributed by atoms with van der Waals surface area (Å²) in [5.41, 5.74) is 1.01. The number of anilines is 1. The van der Waals surface area contributed by atoms with Crippen molar-refractivity contribution in [2.75, 3.05) is 18.0 Å². The third kappa shape index (κ3) is 4.16. The van der Waals surface area contributed by atoms with Crippen molar-refractivity contribution in [2.45, 2.75) is 46.7 Å².